The van der Waals surface area contributed by atoms with Gasteiger partial charge in [-0.1, -0.05) is 6.92 Å². The van der Waals surface area contributed by atoms with Gasteiger partial charge >= 0.3 is 5.97 Å². The lowest BCUT2D eigenvalue weighted by molar-refractivity contribution is -0.141. The maximum absolute atomic E-state index is 10.7. The third kappa shape index (κ3) is 3.35. The molecule has 0 spiro atoms. The highest BCUT2D eigenvalue weighted by Gasteiger charge is 2.30. The predicted octanol–water partition coefficient (Wildman–Crippen LogP) is 1.09. The summed E-state index contributed by atoms with van der Waals surface area (Å²) in [4.78, 5) is 12.8. The molecule has 1 atom stereocenters. The van der Waals surface area contributed by atoms with Crippen LogP contribution in [0.3, 0.4) is 0 Å². The zero-order chi connectivity index (χ0) is 10.6. The average molecular weight is 196 g/mol. The first kappa shape index (κ1) is 11.0. The average Bonchev–Trinajstić information content (AvgIpc) is 2.94. The van der Waals surface area contributed by atoms with E-state index in [0.29, 0.717) is 25.6 Å². The van der Waals surface area contributed by atoms with Crippen molar-refractivity contribution in [3.63, 3.8) is 0 Å². The van der Waals surface area contributed by atoms with Crippen LogP contribution in [0.15, 0.2) is 0 Å². The van der Waals surface area contributed by atoms with E-state index < -0.39 is 5.97 Å². The fourth-order valence-corrected chi connectivity index (χ4v) is 1.49. The van der Waals surface area contributed by atoms with E-state index in [1.807, 2.05) is 0 Å². The van der Waals surface area contributed by atoms with Crippen LogP contribution in [0.25, 0.3) is 0 Å². The second kappa shape index (κ2) is 4.97. The molecule has 1 aliphatic rings. The number of carboxylic acids is 1. The molecule has 0 saturated heterocycles. The first-order chi connectivity index (χ1) is 6.65. The molecule has 0 aromatic heterocycles. The largest absolute Gasteiger partial charge is 0.481 e. The molecule has 0 radical (unpaired) electrons. The van der Waals surface area contributed by atoms with Gasteiger partial charge in [-0.05, 0) is 12.8 Å². The van der Waals surface area contributed by atoms with Crippen molar-refractivity contribution >= 4 is 5.97 Å². The summed E-state index contributed by atoms with van der Waals surface area (Å²) < 4.78 is 0. The molecule has 1 unspecified atom stereocenters. The van der Waals surface area contributed by atoms with Gasteiger partial charge in [0.15, 0.2) is 0 Å². The van der Waals surface area contributed by atoms with Crippen molar-refractivity contribution in [3.8, 4) is 6.07 Å². The highest BCUT2D eigenvalue weighted by molar-refractivity contribution is 5.69. The molecule has 1 N–H and O–H groups in total. The Bertz CT molecular complexity index is 243. The van der Waals surface area contributed by atoms with Crippen LogP contribution in [0.4, 0.5) is 0 Å². The molecule has 0 heterocycles. The van der Waals surface area contributed by atoms with E-state index >= 15 is 0 Å². The fraction of sp³-hybridized carbons (Fsp3) is 0.800. The Hall–Kier alpha value is -1.08. The lowest BCUT2D eigenvalue weighted by atomic mass is 10.1. The smallest absolute Gasteiger partial charge is 0.307 e. The molecule has 78 valence electrons. The van der Waals surface area contributed by atoms with Crippen LogP contribution in [0.1, 0.15) is 26.2 Å². The molecule has 0 aliphatic heterocycles. The fourth-order valence-electron chi connectivity index (χ4n) is 1.49. The predicted molar refractivity (Wildman–Crippen MR) is 51.6 cm³/mol. The lowest BCUT2D eigenvalue weighted by Crippen LogP contribution is -2.34. The number of nitrogens with zero attached hydrogens (tertiary/aromatic N) is 2. The summed E-state index contributed by atoms with van der Waals surface area (Å²) >= 11 is 0. The Balaban J connectivity index is 2.35. The van der Waals surface area contributed by atoms with Crippen molar-refractivity contribution in [2.75, 3.05) is 13.1 Å². The second-order valence-electron chi connectivity index (χ2n) is 3.87. The maximum Gasteiger partial charge on any atom is 0.307 e. The maximum atomic E-state index is 10.7. The number of carbonyl (C=O) groups is 1. The quantitative estimate of drug-likeness (QED) is 0.690. The van der Waals surface area contributed by atoms with E-state index in [9.17, 15) is 4.79 Å². The van der Waals surface area contributed by atoms with Gasteiger partial charge in [0.1, 0.15) is 0 Å². The first-order valence-electron chi connectivity index (χ1n) is 4.99. The molecule has 0 bridgehead atoms. The molecule has 14 heavy (non-hydrogen) atoms. The molecule has 1 rings (SSSR count). The standard InChI is InChI=1S/C10H16N2O2/c1-8(10(13)14)7-12(6-2-5-11)9-3-4-9/h8-9H,2-4,6-7H2,1H3,(H,13,14). The molecule has 1 fully saturated rings. The van der Waals surface area contributed by atoms with Gasteiger partial charge in [-0.2, -0.15) is 5.26 Å². The summed E-state index contributed by atoms with van der Waals surface area (Å²) in [6.45, 7) is 2.99. The van der Waals surface area contributed by atoms with E-state index in [1.54, 1.807) is 6.92 Å². The van der Waals surface area contributed by atoms with E-state index in [0.717, 1.165) is 12.8 Å². The van der Waals surface area contributed by atoms with Gasteiger partial charge in [-0.25, -0.2) is 0 Å². The van der Waals surface area contributed by atoms with Gasteiger partial charge in [0.25, 0.3) is 0 Å². The van der Waals surface area contributed by atoms with Crippen LogP contribution >= 0.6 is 0 Å². The summed E-state index contributed by atoms with van der Waals surface area (Å²) in [6, 6.07) is 2.63. The van der Waals surface area contributed by atoms with Gasteiger partial charge in [0, 0.05) is 25.6 Å². The molecular weight excluding hydrogens is 180 g/mol. The van der Waals surface area contributed by atoms with E-state index in [2.05, 4.69) is 11.0 Å². The van der Waals surface area contributed by atoms with Gasteiger partial charge in [-0.3, -0.25) is 9.69 Å². The minimum atomic E-state index is -0.757. The van der Waals surface area contributed by atoms with Crippen LogP contribution in [-0.2, 0) is 4.79 Å². The Morgan fingerprint density at radius 3 is 2.79 bits per heavy atom. The van der Waals surface area contributed by atoms with Gasteiger partial charge < -0.3 is 5.11 Å². The molecule has 0 aromatic rings. The van der Waals surface area contributed by atoms with Crippen LogP contribution in [0, 0.1) is 17.2 Å². The minimum Gasteiger partial charge on any atom is -0.481 e. The summed E-state index contributed by atoms with van der Waals surface area (Å²) in [5.41, 5.74) is 0. The second-order valence-corrected chi connectivity index (χ2v) is 3.87. The number of rotatable bonds is 6. The third-order valence-electron chi connectivity index (χ3n) is 2.50. The summed E-state index contributed by atoms with van der Waals surface area (Å²) in [5.74, 6) is -1.10. The summed E-state index contributed by atoms with van der Waals surface area (Å²) in [5, 5.41) is 17.2. The minimum absolute atomic E-state index is 0.339. The molecule has 0 aromatic carbocycles. The van der Waals surface area contributed by atoms with E-state index in [-0.39, 0.29) is 5.92 Å². The van der Waals surface area contributed by atoms with Crippen LogP contribution in [-0.4, -0.2) is 35.1 Å². The zero-order valence-electron chi connectivity index (χ0n) is 8.44. The van der Waals surface area contributed by atoms with Crippen molar-refractivity contribution in [3.05, 3.63) is 0 Å². The van der Waals surface area contributed by atoms with Gasteiger partial charge in [-0.15, -0.1) is 0 Å². The third-order valence-corrected chi connectivity index (χ3v) is 2.50. The summed E-state index contributed by atoms with van der Waals surface area (Å²) in [6.07, 6.45) is 2.79. The Morgan fingerprint density at radius 1 is 1.71 bits per heavy atom. The van der Waals surface area contributed by atoms with Crippen molar-refractivity contribution < 1.29 is 9.90 Å². The highest BCUT2D eigenvalue weighted by Crippen LogP contribution is 2.27. The van der Waals surface area contributed by atoms with Gasteiger partial charge in [0.05, 0.1) is 12.0 Å². The van der Waals surface area contributed by atoms with Crippen LogP contribution in [0.2, 0.25) is 0 Å². The normalized spacial score (nSPS) is 17.8. The lowest BCUT2D eigenvalue weighted by Gasteiger charge is -2.22. The van der Waals surface area contributed by atoms with Crippen molar-refractivity contribution in [1.82, 2.24) is 4.90 Å². The number of carboxylic acid groups (broad SMARTS) is 1. The summed E-state index contributed by atoms with van der Waals surface area (Å²) in [7, 11) is 0. The van der Waals surface area contributed by atoms with Crippen LogP contribution in [0.5, 0.6) is 0 Å². The Labute approximate surface area is 84.1 Å². The zero-order valence-corrected chi connectivity index (χ0v) is 8.44. The Kier molecular flexibility index (Phi) is 3.90. The molecule has 1 aliphatic carbocycles. The van der Waals surface area contributed by atoms with Crippen molar-refractivity contribution in [1.29, 1.82) is 5.26 Å². The number of hydrogen-bond acceptors (Lipinski definition) is 3. The van der Waals surface area contributed by atoms with Crippen molar-refractivity contribution in [2.45, 2.75) is 32.2 Å². The topological polar surface area (TPSA) is 64.3 Å². The number of aliphatic carboxylic acids is 1. The van der Waals surface area contributed by atoms with Crippen molar-refractivity contribution in [2.24, 2.45) is 5.92 Å². The molecule has 4 heteroatoms. The Morgan fingerprint density at radius 2 is 2.36 bits per heavy atom. The van der Waals surface area contributed by atoms with E-state index in [4.69, 9.17) is 10.4 Å². The molecule has 0 amide bonds. The molecular formula is C10H16N2O2. The van der Waals surface area contributed by atoms with Crippen LogP contribution < -0.4 is 0 Å². The molecule has 4 nitrogen and oxygen atoms in total. The van der Waals surface area contributed by atoms with E-state index in [1.165, 1.54) is 0 Å². The SMILES string of the molecule is CC(CN(CCC#N)C1CC1)C(=O)O. The monoisotopic (exact) mass is 196 g/mol. The van der Waals surface area contributed by atoms with Gasteiger partial charge in [0.2, 0.25) is 0 Å². The number of hydrogen-bond donors (Lipinski definition) is 1. The first-order valence-corrected chi connectivity index (χ1v) is 4.99. The highest BCUT2D eigenvalue weighted by atomic mass is 16.4. The molecule has 1 saturated carbocycles. The number of nitriles is 1.